The second-order valence-electron chi connectivity index (χ2n) is 6.99. The number of rotatable bonds is 4. The predicted molar refractivity (Wildman–Crippen MR) is 105 cm³/mol. The van der Waals surface area contributed by atoms with Crippen LogP contribution in [0.4, 0.5) is 0 Å². The minimum Gasteiger partial charge on any atom is -0.466 e. The van der Waals surface area contributed by atoms with Gasteiger partial charge in [-0.05, 0) is 72.7 Å². The SMILES string of the molecule is CCOC(=O)[C@H]1CCC(O)(c2ncc(-c3cc(C)cc(Br)n3)s2)C[C@H]1C. The van der Waals surface area contributed by atoms with Crippen LogP contribution >= 0.6 is 27.3 Å². The Balaban J connectivity index is 1.80. The highest BCUT2D eigenvalue weighted by molar-refractivity contribution is 9.10. The highest BCUT2D eigenvalue weighted by Crippen LogP contribution is 2.45. The van der Waals surface area contributed by atoms with E-state index < -0.39 is 5.60 Å². The van der Waals surface area contributed by atoms with Crippen molar-refractivity contribution in [3.8, 4) is 10.6 Å². The molecule has 5 nitrogen and oxygen atoms in total. The van der Waals surface area contributed by atoms with E-state index in [2.05, 4.69) is 25.9 Å². The summed E-state index contributed by atoms with van der Waals surface area (Å²) in [6.45, 7) is 6.22. The number of carbonyl (C=O) groups excluding carboxylic acids is 1. The molecule has 2 aromatic heterocycles. The molecule has 3 atom stereocenters. The Labute approximate surface area is 166 Å². The highest BCUT2D eigenvalue weighted by atomic mass is 79.9. The van der Waals surface area contributed by atoms with Crippen LogP contribution in [0.25, 0.3) is 10.6 Å². The van der Waals surface area contributed by atoms with E-state index in [0.717, 1.165) is 20.7 Å². The first-order valence-corrected chi connectivity index (χ1v) is 10.4. The average molecular weight is 439 g/mol. The van der Waals surface area contributed by atoms with Crippen LogP contribution in [-0.4, -0.2) is 27.7 Å². The molecule has 0 bridgehead atoms. The zero-order valence-electron chi connectivity index (χ0n) is 15.2. The maximum atomic E-state index is 12.1. The molecular formula is C19H23BrN2O3S. The molecule has 0 aromatic carbocycles. The fraction of sp³-hybridized carbons (Fsp3) is 0.526. The van der Waals surface area contributed by atoms with Gasteiger partial charge in [0.05, 0.1) is 23.1 Å². The number of hydrogen-bond acceptors (Lipinski definition) is 6. The standard InChI is InChI=1S/C19H23BrN2O3S/c1-4-25-17(23)13-5-6-19(24,9-12(13)3)18-21-10-15(26-18)14-7-11(2)8-16(20)22-14/h7-8,10,12-13,24H,4-6,9H2,1-3H3/t12-,13+,19?/m1/s1. The summed E-state index contributed by atoms with van der Waals surface area (Å²) in [6, 6.07) is 3.96. The van der Waals surface area contributed by atoms with Crippen molar-refractivity contribution < 1.29 is 14.6 Å². The van der Waals surface area contributed by atoms with E-state index in [1.54, 1.807) is 6.20 Å². The minimum absolute atomic E-state index is 0.0476. The van der Waals surface area contributed by atoms with Crippen molar-refractivity contribution in [1.29, 1.82) is 0 Å². The maximum absolute atomic E-state index is 12.1. The molecule has 2 aromatic rings. The van der Waals surface area contributed by atoms with Crippen molar-refractivity contribution in [2.75, 3.05) is 6.61 Å². The lowest BCUT2D eigenvalue weighted by atomic mass is 9.72. The number of carbonyl (C=O) groups is 1. The molecule has 1 aliphatic carbocycles. The van der Waals surface area contributed by atoms with Gasteiger partial charge in [0.25, 0.3) is 0 Å². The van der Waals surface area contributed by atoms with Gasteiger partial charge in [-0.1, -0.05) is 6.92 Å². The molecule has 3 rings (SSSR count). The summed E-state index contributed by atoms with van der Waals surface area (Å²) >= 11 is 4.89. The van der Waals surface area contributed by atoms with E-state index in [1.165, 1.54) is 11.3 Å². The van der Waals surface area contributed by atoms with Gasteiger partial charge in [-0.15, -0.1) is 11.3 Å². The molecule has 140 valence electrons. The number of pyridine rings is 1. The Morgan fingerprint density at radius 1 is 1.50 bits per heavy atom. The molecular weight excluding hydrogens is 416 g/mol. The highest BCUT2D eigenvalue weighted by Gasteiger charge is 2.43. The third-order valence-electron chi connectivity index (χ3n) is 4.90. The molecule has 1 fully saturated rings. The number of halogens is 1. The topological polar surface area (TPSA) is 72.3 Å². The summed E-state index contributed by atoms with van der Waals surface area (Å²) in [4.78, 5) is 22.0. The zero-order valence-corrected chi connectivity index (χ0v) is 17.6. The van der Waals surface area contributed by atoms with Gasteiger partial charge in [-0.2, -0.15) is 0 Å². The van der Waals surface area contributed by atoms with Crippen molar-refractivity contribution in [1.82, 2.24) is 9.97 Å². The van der Waals surface area contributed by atoms with E-state index in [1.807, 2.05) is 32.9 Å². The van der Waals surface area contributed by atoms with Crippen LogP contribution in [0.1, 0.15) is 43.7 Å². The second-order valence-corrected chi connectivity index (χ2v) is 8.84. The summed E-state index contributed by atoms with van der Waals surface area (Å²) in [5.41, 5.74) is 0.962. The lowest BCUT2D eigenvalue weighted by Gasteiger charge is -2.37. The number of aliphatic hydroxyl groups is 1. The van der Waals surface area contributed by atoms with Crippen molar-refractivity contribution in [2.24, 2.45) is 11.8 Å². The first-order valence-electron chi connectivity index (χ1n) is 8.82. The number of aryl methyl sites for hydroxylation is 1. The van der Waals surface area contributed by atoms with E-state index in [9.17, 15) is 9.90 Å². The first kappa shape index (κ1) is 19.5. The Bertz CT molecular complexity index is 790. The number of aromatic nitrogens is 2. The summed E-state index contributed by atoms with van der Waals surface area (Å²) in [5, 5.41) is 11.9. The normalized spacial score (nSPS) is 25.9. The predicted octanol–water partition coefficient (Wildman–Crippen LogP) is 4.46. The fourth-order valence-corrected chi connectivity index (χ4v) is 5.16. The van der Waals surface area contributed by atoms with Crippen molar-refractivity contribution >= 4 is 33.2 Å². The number of hydrogen-bond donors (Lipinski definition) is 1. The Kier molecular flexibility index (Phi) is 5.79. The van der Waals surface area contributed by atoms with Gasteiger partial charge in [0.1, 0.15) is 15.2 Å². The zero-order chi connectivity index (χ0) is 18.9. The van der Waals surface area contributed by atoms with Crippen LogP contribution in [0.5, 0.6) is 0 Å². The molecule has 7 heteroatoms. The van der Waals surface area contributed by atoms with Gasteiger partial charge in [0.2, 0.25) is 0 Å². The smallest absolute Gasteiger partial charge is 0.309 e. The molecule has 0 spiro atoms. The third-order valence-corrected chi connectivity index (χ3v) is 6.52. The van der Waals surface area contributed by atoms with Crippen LogP contribution < -0.4 is 0 Å². The quantitative estimate of drug-likeness (QED) is 0.563. The first-order chi connectivity index (χ1) is 12.3. The molecule has 0 amide bonds. The summed E-state index contributed by atoms with van der Waals surface area (Å²) in [7, 11) is 0. The Morgan fingerprint density at radius 2 is 2.27 bits per heavy atom. The van der Waals surface area contributed by atoms with E-state index >= 15 is 0 Å². The van der Waals surface area contributed by atoms with E-state index in [-0.39, 0.29) is 17.8 Å². The van der Waals surface area contributed by atoms with Crippen LogP contribution in [0.3, 0.4) is 0 Å². The molecule has 2 heterocycles. The number of nitrogens with zero attached hydrogens (tertiary/aromatic N) is 2. The maximum Gasteiger partial charge on any atom is 0.309 e. The molecule has 1 N–H and O–H groups in total. The molecule has 0 radical (unpaired) electrons. The molecule has 26 heavy (non-hydrogen) atoms. The van der Waals surface area contributed by atoms with E-state index in [0.29, 0.717) is 30.9 Å². The molecule has 1 unspecified atom stereocenters. The molecule has 1 saturated carbocycles. The molecule has 0 aliphatic heterocycles. The number of ether oxygens (including phenoxy) is 1. The third kappa shape index (κ3) is 4.00. The summed E-state index contributed by atoms with van der Waals surface area (Å²) < 4.78 is 5.95. The van der Waals surface area contributed by atoms with E-state index in [4.69, 9.17) is 4.74 Å². The van der Waals surface area contributed by atoms with Crippen molar-refractivity contribution in [3.63, 3.8) is 0 Å². The number of thiazole rings is 1. The van der Waals surface area contributed by atoms with Crippen LogP contribution in [0.2, 0.25) is 0 Å². The van der Waals surface area contributed by atoms with Crippen molar-refractivity contribution in [3.05, 3.63) is 33.5 Å². The van der Waals surface area contributed by atoms with Gasteiger partial charge >= 0.3 is 5.97 Å². The van der Waals surface area contributed by atoms with Gasteiger partial charge < -0.3 is 9.84 Å². The lowest BCUT2D eigenvalue weighted by Crippen LogP contribution is -2.39. The Hall–Kier alpha value is -1.31. The Morgan fingerprint density at radius 3 is 2.92 bits per heavy atom. The number of esters is 1. The van der Waals surface area contributed by atoms with Crippen LogP contribution in [0, 0.1) is 18.8 Å². The molecule has 1 aliphatic rings. The van der Waals surface area contributed by atoms with Gasteiger partial charge in [-0.3, -0.25) is 4.79 Å². The van der Waals surface area contributed by atoms with Crippen LogP contribution in [-0.2, 0) is 15.1 Å². The second kappa shape index (κ2) is 7.74. The van der Waals surface area contributed by atoms with Crippen molar-refractivity contribution in [2.45, 2.75) is 45.6 Å². The lowest BCUT2D eigenvalue weighted by molar-refractivity contribution is -0.154. The fourth-order valence-electron chi connectivity index (χ4n) is 3.61. The van der Waals surface area contributed by atoms with Gasteiger partial charge in [0, 0.05) is 6.20 Å². The van der Waals surface area contributed by atoms with Crippen LogP contribution in [0.15, 0.2) is 22.9 Å². The molecule has 0 saturated heterocycles. The average Bonchev–Trinajstić information content (AvgIpc) is 3.05. The van der Waals surface area contributed by atoms with Gasteiger partial charge in [0.15, 0.2) is 0 Å². The minimum atomic E-state index is -0.994. The van der Waals surface area contributed by atoms with Gasteiger partial charge in [-0.25, -0.2) is 9.97 Å². The summed E-state index contributed by atoms with van der Waals surface area (Å²) in [6.07, 6.45) is 3.40. The largest absolute Gasteiger partial charge is 0.466 e. The monoisotopic (exact) mass is 438 g/mol. The summed E-state index contributed by atoms with van der Waals surface area (Å²) in [5.74, 6) is -0.258.